The number of anilines is 1. The normalized spacial score (nSPS) is 10.0. The highest BCUT2D eigenvalue weighted by molar-refractivity contribution is 6.04. The maximum atomic E-state index is 13.4. The summed E-state index contributed by atoms with van der Waals surface area (Å²) >= 11 is 0. The lowest BCUT2D eigenvalue weighted by Gasteiger charge is -2.03. The monoisotopic (exact) mass is 263 g/mol. The number of aryl methyl sites for hydroxylation is 1. The van der Waals surface area contributed by atoms with Crippen LogP contribution in [0.25, 0.3) is 0 Å². The van der Waals surface area contributed by atoms with E-state index in [1.807, 2.05) is 6.07 Å². The van der Waals surface area contributed by atoms with Crippen LogP contribution in [0.3, 0.4) is 0 Å². The SMILES string of the molecule is Cn1cc(C#N)c(NC(=O)c2ccnc(F)c2F)n1. The molecule has 0 saturated carbocycles. The van der Waals surface area contributed by atoms with Gasteiger partial charge in [-0.15, -0.1) is 0 Å². The molecule has 0 aliphatic heterocycles. The van der Waals surface area contributed by atoms with E-state index in [0.29, 0.717) is 0 Å². The summed E-state index contributed by atoms with van der Waals surface area (Å²) in [5, 5.41) is 14.9. The van der Waals surface area contributed by atoms with Crippen molar-refractivity contribution in [2.75, 3.05) is 5.32 Å². The molecule has 2 aromatic rings. The van der Waals surface area contributed by atoms with Gasteiger partial charge in [0.25, 0.3) is 5.91 Å². The number of amides is 1. The van der Waals surface area contributed by atoms with Crippen LogP contribution in [-0.4, -0.2) is 20.7 Å². The molecule has 0 spiro atoms. The third-order valence-corrected chi connectivity index (χ3v) is 2.27. The van der Waals surface area contributed by atoms with Gasteiger partial charge in [-0.25, -0.2) is 9.37 Å². The average molecular weight is 263 g/mol. The minimum Gasteiger partial charge on any atom is -0.304 e. The summed E-state index contributed by atoms with van der Waals surface area (Å²) in [7, 11) is 1.56. The van der Waals surface area contributed by atoms with Crippen molar-refractivity contribution < 1.29 is 13.6 Å². The summed E-state index contributed by atoms with van der Waals surface area (Å²) in [5.41, 5.74) is -0.396. The lowest BCUT2D eigenvalue weighted by atomic mass is 10.2. The third kappa shape index (κ3) is 2.40. The first kappa shape index (κ1) is 12.6. The lowest BCUT2D eigenvalue weighted by molar-refractivity contribution is 0.102. The van der Waals surface area contributed by atoms with Gasteiger partial charge in [0.2, 0.25) is 5.95 Å². The van der Waals surface area contributed by atoms with Gasteiger partial charge in [-0.05, 0) is 6.07 Å². The molecule has 0 aliphatic carbocycles. The van der Waals surface area contributed by atoms with Crippen LogP contribution >= 0.6 is 0 Å². The molecule has 8 heteroatoms. The van der Waals surface area contributed by atoms with Gasteiger partial charge in [0.15, 0.2) is 11.6 Å². The Balaban J connectivity index is 2.31. The van der Waals surface area contributed by atoms with Crippen molar-refractivity contribution in [3.63, 3.8) is 0 Å². The smallest absolute Gasteiger partial charge is 0.260 e. The molecule has 0 aromatic carbocycles. The number of hydrogen-bond acceptors (Lipinski definition) is 4. The molecule has 0 bridgehead atoms. The highest BCUT2D eigenvalue weighted by Crippen LogP contribution is 2.14. The molecule has 0 aliphatic rings. The van der Waals surface area contributed by atoms with Gasteiger partial charge in [-0.2, -0.15) is 14.8 Å². The number of nitrogens with one attached hydrogen (secondary N) is 1. The van der Waals surface area contributed by atoms with Crippen LogP contribution < -0.4 is 5.32 Å². The Hall–Kier alpha value is -2.82. The van der Waals surface area contributed by atoms with Crippen molar-refractivity contribution in [2.24, 2.45) is 7.05 Å². The second-order valence-electron chi connectivity index (χ2n) is 3.59. The summed E-state index contributed by atoms with van der Waals surface area (Å²) in [4.78, 5) is 14.8. The zero-order chi connectivity index (χ0) is 14.0. The largest absolute Gasteiger partial charge is 0.304 e. The first-order chi connectivity index (χ1) is 9.02. The second kappa shape index (κ2) is 4.81. The molecule has 0 fully saturated rings. The second-order valence-corrected chi connectivity index (χ2v) is 3.59. The number of nitrogens with zero attached hydrogens (tertiary/aromatic N) is 4. The van der Waals surface area contributed by atoms with Gasteiger partial charge < -0.3 is 5.32 Å². The molecule has 96 valence electrons. The summed E-state index contributed by atoms with van der Waals surface area (Å²) in [5.74, 6) is -3.65. The number of nitriles is 1. The number of rotatable bonds is 2. The molecule has 6 nitrogen and oxygen atoms in total. The molecule has 2 aromatic heterocycles. The summed E-state index contributed by atoms with van der Waals surface area (Å²) in [6, 6.07) is 2.85. The van der Waals surface area contributed by atoms with Crippen molar-refractivity contribution in [1.29, 1.82) is 5.26 Å². The van der Waals surface area contributed by atoms with Crippen LogP contribution in [0.4, 0.5) is 14.6 Å². The molecule has 0 saturated heterocycles. The Morgan fingerprint density at radius 2 is 2.26 bits per heavy atom. The van der Waals surface area contributed by atoms with Gasteiger partial charge in [0.05, 0.1) is 5.56 Å². The maximum Gasteiger partial charge on any atom is 0.260 e. The van der Waals surface area contributed by atoms with Gasteiger partial charge in [-0.3, -0.25) is 9.48 Å². The fourth-order valence-corrected chi connectivity index (χ4v) is 1.43. The van der Waals surface area contributed by atoms with Crippen LogP contribution in [0.2, 0.25) is 0 Å². The van der Waals surface area contributed by atoms with Gasteiger partial charge in [0.1, 0.15) is 11.6 Å². The summed E-state index contributed by atoms with van der Waals surface area (Å²) in [6.07, 6.45) is 2.36. The van der Waals surface area contributed by atoms with E-state index in [2.05, 4.69) is 15.4 Å². The van der Waals surface area contributed by atoms with Gasteiger partial charge in [-0.1, -0.05) is 0 Å². The Morgan fingerprint density at radius 3 is 2.95 bits per heavy atom. The minimum absolute atomic E-state index is 0.0216. The maximum absolute atomic E-state index is 13.4. The van der Waals surface area contributed by atoms with Crippen molar-refractivity contribution in [3.8, 4) is 6.07 Å². The molecule has 2 rings (SSSR count). The van der Waals surface area contributed by atoms with E-state index in [9.17, 15) is 13.6 Å². The fraction of sp³-hybridized carbons (Fsp3) is 0.0909. The first-order valence-corrected chi connectivity index (χ1v) is 5.08. The van der Waals surface area contributed by atoms with Crippen molar-refractivity contribution in [1.82, 2.24) is 14.8 Å². The minimum atomic E-state index is -1.37. The van der Waals surface area contributed by atoms with E-state index in [1.165, 1.54) is 10.9 Å². The predicted molar refractivity (Wildman–Crippen MR) is 60.0 cm³/mol. The summed E-state index contributed by atoms with van der Waals surface area (Å²) < 4.78 is 27.6. The highest BCUT2D eigenvalue weighted by atomic mass is 19.2. The molecular weight excluding hydrogens is 256 g/mol. The Bertz CT molecular complexity index is 689. The van der Waals surface area contributed by atoms with Crippen molar-refractivity contribution in [3.05, 3.63) is 41.4 Å². The summed E-state index contributed by atoms with van der Waals surface area (Å²) in [6.45, 7) is 0. The van der Waals surface area contributed by atoms with E-state index in [4.69, 9.17) is 5.26 Å². The molecule has 2 heterocycles. The Kier molecular flexibility index (Phi) is 3.20. The van der Waals surface area contributed by atoms with Crippen molar-refractivity contribution >= 4 is 11.7 Å². The molecule has 0 unspecified atom stereocenters. The first-order valence-electron chi connectivity index (χ1n) is 5.08. The number of pyridine rings is 1. The van der Waals surface area contributed by atoms with Gasteiger partial charge >= 0.3 is 0 Å². The van der Waals surface area contributed by atoms with E-state index in [1.54, 1.807) is 7.05 Å². The molecule has 1 amide bonds. The lowest BCUT2D eigenvalue weighted by Crippen LogP contribution is -2.16. The number of halogens is 2. The zero-order valence-electron chi connectivity index (χ0n) is 9.69. The predicted octanol–water partition coefficient (Wildman–Crippen LogP) is 1.22. The fourth-order valence-electron chi connectivity index (χ4n) is 1.43. The molecule has 0 radical (unpaired) electrons. The van der Waals surface area contributed by atoms with Crippen LogP contribution in [0.15, 0.2) is 18.5 Å². The van der Waals surface area contributed by atoms with E-state index >= 15 is 0 Å². The van der Waals surface area contributed by atoms with Crippen LogP contribution in [0.5, 0.6) is 0 Å². The number of hydrogen-bond donors (Lipinski definition) is 1. The Morgan fingerprint density at radius 1 is 1.53 bits per heavy atom. The van der Waals surface area contributed by atoms with Crippen molar-refractivity contribution in [2.45, 2.75) is 0 Å². The van der Waals surface area contributed by atoms with Crippen LogP contribution in [-0.2, 0) is 7.05 Å². The van der Waals surface area contributed by atoms with Gasteiger partial charge in [0, 0.05) is 19.4 Å². The standard InChI is InChI=1S/C11H7F2N5O/c1-18-5-6(4-14)10(17-18)16-11(19)7-2-3-15-9(13)8(7)12/h2-3,5H,1H3,(H,16,17,19). The molecule has 19 heavy (non-hydrogen) atoms. The third-order valence-electron chi connectivity index (χ3n) is 2.27. The van der Waals surface area contributed by atoms with Crippen LogP contribution in [0, 0.1) is 23.1 Å². The quantitative estimate of drug-likeness (QED) is 0.825. The Labute approximate surface area is 106 Å². The number of carbonyl (C=O) groups excluding carboxylic acids is 1. The molecule has 1 N–H and O–H groups in total. The molecular formula is C11H7F2N5O. The average Bonchev–Trinajstić information content (AvgIpc) is 2.72. The van der Waals surface area contributed by atoms with E-state index in [-0.39, 0.29) is 11.4 Å². The number of carbonyl (C=O) groups is 1. The highest BCUT2D eigenvalue weighted by Gasteiger charge is 2.18. The van der Waals surface area contributed by atoms with E-state index in [0.717, 1.165) is 12.3 Å². The zero-order valence-corrected chi connectivity index (χ0v) is 9.69. The topological polar surface area (TPSA) is 83.6 Å². The number of aromatic nitrogens is 3. The van der Waals surface area contributed by atoms with E-state index < -0.39 is 23.2 Å². The molecule has 0 atom stereocenters. The van der Waals surface area contributed by atoms with Crippen LogP contribution in [0.1, 0.15) is 15.9 Å².